The number of carbonyl (C=O) groups is 2. The van der Waals surface area contributed by atoms with Crippen LogP contribution in [0.5, 0.6) is 5.75 Å². The van der Waals surface area contributed by atoms with Crippen molar-refractivity contribution in [3.05, 3.63) is 101 Å². The molecule has 3 aromatic carbocycles. The summed E-state index contributed by atoms with van der Waals surface area (Å²) < 4.78 is 5.78. The van der Waals surface area contributed by atoms with E-state index in [9.17, 15) is 9.59 Å². The minimum absolute atomic E-state index is 0.0619. The molecule has 0 fully saturated rings. The molecule has 0 radical (unpaired) electrons. The number of hydrogen-bond donors (Lipinski definition) is 0. The molecule has 0 aliphatic carbocycles. The number of nitrogens with zero attached hydrogens (tertiary/aromatic N) is 1. The Morgan fingerprint density at radius 1 is 0.824 bits per heavy atom. The predicted molar refractivity (Wildman–Crippen MR) is 138 cm³/mol. The smallest absolute Gasteiger partial charge is 0.318 e. The molecule has 3 atom stereocenters. The molecule has 0 aliphatic rings. The van der Waals surface area contributed by atoms with E-state index < -0.39 is 5.92 Å². The molecular weight excluding hydrogens is 422 g/mol. The summed E-state index contributed by atoms with van der Waals surface area (Å²) in [7, 11) is 4.18. The molecule has 4 nitrogen and oxygen atoms in total. The molecule has 0 heterocycles. The van der Waals surface area contributed by atoms with Crippen molar-refractivity contribution in [3.63, 3.8) is 0 Å². The van der Waals surface area contributed by atoms with Crippen LogP contribution in [0, 0.1) is 5.92 Å². The summed E-state index contributed by atoms with van der Waals surface area (Å²) in [5.41, 5.74) is 3.13. The van der Waals surface area contributed by atoms with E-state index in [4.69, 9.17) is 4.74 Å². The second kappa shape index (κ2) is 11.8. The Hall–Kier alpha value is -3.24. The normalized spacial score (nSPS) is 13.8. The molecule has 1 unspecified atom stereocenters. The van der Waals surface area contributed by atoms with Crippen molar-refractivity contribution in [2.45, 2.75) is 39.0 Å². The molecule has 178 valence electrons. The van der Waals surface area contributed by atoms with E-state index in [1.807, 2.05) is 55.5 Å². The molecule has 0 spiro atoms. The lowest BCUT2D eigenvalue weighted by Gasteiger charge is -2.26. The van der Waals surface area contributed by atoms with Gasteiger partial charge in [-0.15, -0.1) is 0 Å². The van der Waals surface area contributed by atoms with E-state index in [0.29, 0.717) is 28.7 Å². The van der Waals surface area contributed by atoms with Gasteiger partial charge in [-0.25, -0.2) is 0 Å². The van der Waals surface area contributed by atoms with Gasteiger partial charge in [-0.3, -0.25) is 9.59 Å². The third-order valence-corrected chi connectivity index (χ3v) is 6.32. The fourth-order valence-electron chi connectivity index (χ4n) is 4.52. The van der Waals surface area contributed by atoms with E-state index in [0.717, 1.165) is 18.5 Å². The maximum atomic E-state index is 13.0. The fourth-order valence-corrected chi connectivity index (χ4v) is 4.52. The Balaban J connectivity index is 1.74. The number of ketones is 1. The van der Waals surface area contributed by atoms with Crippen molar-refractivity contribution < 1.29 is 14.3 Å². The molecule has 0 saturated carbocycles. The summed E-state index contributed by atoms with van der Waals surface area (Å²) in [6.45, 7) is 7.27. The van der Waals surface area contributed by atoms with Crippen molar-refractivity contribution in [2.24, 2.45) is 5.92 Å². The van der Waals surface area contributed by atoms with Gasteiger partial charge >= 0.3 is 5.97 Å². The van der Waals surface area contributed by atoms with Gasteiger partial charge in [0.2, 0.25) is 0 Å². The summed E-state index contributed by atoms with van der Waals surface area (Å²) in [5, 5.41) is 0. The van der Waals surface area contributed by atoms with Gasteiger partial charge in [0.05, 0.1) is 5.92 Å². The molecule has 4 heteroatoms. The zero-order valence-electron chi connectivity index (χ0n) is 20.8. The SMILES string of the molecule is CC[C@@H](c1cccc(OC(=O)C(C)c2cccc(C(=O)c3ccccc3)c2)c1)[C@@H](C)CN(C)C. The minimum Gasteiger partial charge on any atom is -0.426 e. The van der Waals surface area contributed by atoms with Crippen molar-refractivity contribution in [3.8, 4) is 5.75 Å². The lowest BCUT2D eigenvalue weighted by Crippen LogP contribution is -2.24. The Kier molecular flexibility index (Phi) is 8.78. The molecule has 0 aromatic heterocycles. The maximum absolute atomic E-state index is 13.0. The maximum Gasteiger partial charge on any atom is 0.318 e. The van der Waals surface area contributed by atoms with E-state index in [1.54, 1.807) is 24.3 Å². The van der Waals surface area contributed by atoms with Crippen LogP contribution in [0.3, 0.4) is 0 Å². The van der Waals surface area contributed by atoms with Gasteiger partial charge in [0.15, 0.2) is 5.78 Å². The second-order valence-electron chi connectivity index (χ2n) is 9.29. The zero-order valence-corrected chi connectivity index (χ0v) is 20.8. The Bertz CT molecular complexity index is 1110. The third kappa shape index (κ3) is 6.42. The van der Waals surface area contributed by atoms with Crippen LogP contribution in [-0.4, -0.2) is 37.3 Å². The van der Waals surface area contributed by atoms with Crippen LogP contribution in [0.2, 0.25) is 0 Å². The number of ether oxygens (including phenoxy) is 1. The Morgan fingerprint density at radius 3 is 2.15 bits per heavy atom. The molecule has 3 aromatic rings. The quantitative estimate of drug-likeness (QED) is 0.203. The summed E-state index contributed by atoms with van der Waals surface area (Å²) in [4.78, 5) is 28.0. The molecular formula is C30H35NO3. The van der Waals surface area contributed by atoms with Gasteiger partial charge < -0.3 is 9.64 Å². The van der Waals surface area contributed by atoms with Gasteiger partial charge in [0.25, 0.3) is 0 Å². The first-order valence-electron chi connectivity index (χ1n) is 12.0. The third-order valence-electron chi connectivity index (χ3n) is 6.32. The average Bonchev–Trinajstić information content (AvgIpc) is 2.84. The highest BCUT2D eigenvalue weighted by molar-refractivity contribution is 6.09. The molecule has 0 N–H and O–H groups in total. The van der Waals surface area contributed by atoms with Crippen molar-refractivity contribution in [1.29, 1.82) is 0 Å². The number of esters is 1. The molecule has 0 bridgehead atoms. The Morgan fingerprint density at radius 2 is 1.47 bits per heavy atom. The predicted octanol–water partition coefficient (Wildman–Crippen LogP) is 6.32. The van der Waals surface area contributed by atoms with Crippen LogP contribution in [0.1, 0.15) is 66.1 Å². The summed E-state index contributed by atoms with van der Waals surface area (Å²) in [6, 6.07) is 24.3. The lowest BCUT2D eigenvalue weighted by molar-refractivity contribution is -0.135. The number of benzene rings is 3. The van der Waals surface area contributed by atoms with Gasteiger partial charge in [0, 0.05) is 17.7 Å². The highest BCUT2D eigenvalue weighted by Gasteiger charge is 2.22. The standard InChI is InChI=1S/C30H35NO3/c1-6-28(21(2)20-31(4)5)25-15-11-17-27(19-25)34-30(33)22(3)24-14-10-16-26(18-24)29(32)23-12-8-7-9-13-23/h7-19,21-22,28H,6,20H2,1-5H3/t21-,22?,28+/m0/s1. The molecule has 0 saturated heterocycles. The van der Waals surface area contributed by atoms with E-state index in [2.05, 4.69) is 38.9 Å². The van der Waals surface area contributed by atoms with E-state index >= 15 is 0 Å². The van der Waals surface area contributed by atoms with Gasteiger partial charge in [-0.2, -0.15) is 0 Å². The summed E-state index contributed by atoms with van der Waals surface area (Å²) in [5.74, 6) is 0.529. The number of carbonyl (C=O) groups excluding carboxylic acids is 2. The van der Waals surface area contributed by atoms with Crippen molar-refractivity contribution in [2.75, 3.05) is 20.6 Å². The van der Waals surface area contributed by atoms with Crippen LogP contribution in [0.15, 0.2) is 78.9 Å². The Labute approximate surface area is 203 Å². The zero-order chi connectivity index (χ0) is 24.7. The van der Waals surface area contributed by atoms with Crippen molar-refractivity contribution in [1.82, 2.24) is 4.90 Å². The molecule has 0 amide bonds. The van der Waals surface area contributed by atoms with Gasteiger partial charge in [0.1, 0.15) is 5.75 Å². The topological polar surface area (TPSA) is 46.6 Å². The van der Waals surface area contributed by atoms with Crippen molar-refractivity contribution >= 4 is 11.8 Å². The average molecular weight is 458 g/mol. The van der Waals surface area contributed by atoms with Gasteiger partial charge in [-0.1, -0.05) is 74.5 Å². The van der Waals surface area contributed by atoms with Crippen LogP contribution >= 0.6 is 0 Å². The lowest BCUT2D eigenvalue weighted by atomic mass is 9.85. The first kappa shape index (κ1) is 25.4. The largest absolute Gasteiger partial charge is 0.426 e. The van der Waals surface area contributed by atoms with E-state index in [-0.39, 0.29) is 11.8 Å². The minimum atomic E-state index is -0.498. The van der Waals surface area contributed by atoms with Crippen LogP contribution in [-0.2, 0) is 4.79 Å². The van der Waals surface area contributed by atoms with Gasteiger partial charge in [-0.05, 0) is 68.6 Å². The number of rotatable bonds is 10. The number of hydrogen-bond acceptors (Lipinski definition) is 4. The first-order valence-corrected chi connectivity index (χ1v) is 12.0. The molecule has 0 aliphatic heterocycles. The molecule has 3 rings (SSSR count). The highest BCUT2D eigenvalue weighted by Crippen LogP contribution is 2.31. The molecule has 34 heavy (non-hydrogen) atoms. The second-order valence-corrected chi connectivity index (χ2v) is 9.29. The first-order chi connectivity index (χ1) is 16.3. The summed E-state index contributed by atoms with van der Waals surface area (Å²) >= 11 is 0. The van der Waals surface area contributed by atoms with Crippen LogP contribution < -0.4 is 4.74 Å². The van der Waals surface area contributed by atoms with Crippen LogP contribution in [0.25, 0.3) is 0 Å². The summed E-state index contributed by atoms with van der Waals surface area (Å²) in [6.07, 6.45) is 1.02. The monoisotopic (exact) mass is 457 g/mol. The fraction of sp³-hybridized carbons (Fsp3) is 0.333. The van der Waals surface area contributed by atoms with Crippen LogP contribution in [0.4, 0.5) is 0 Å². The van der Waals surface area contributed by atoms with E-state index in [1.165, 1.54) is 5.56 Å². The highest BCUT2D eigenvalue weighted by atomic mass is 16.5.